The third-order valence-electron chi connectivity index (χ3n) is 2.07. The monoisotopic (exact) mass is 201 g/mol. The average Bonchev–Trinajstić information content (AvgIpc) is 2.12. The minimum Gasteiger partial charge on any atom is -0.491 e. The summed E-state index contributed by atoms with van der Waals surface area (Å²) >= 11 is 0. The molecular formula is C9H12ClNO2. The molecule has 1 aromatic carbocycles. The standard InChI is InChI=1S/C9H11NO2.ClH/c10-7-5-12-8-4-2-1-3-6(8)9(7)11;/h1-4,7,9,11H,5,10H2;1H/t7-,9-;/m0./s1. The molecule has 1 aliphatic heterocycles. The summed E-state index contributed by atoms with van der Waals surface area (Å²) in [5, 5.41) is 9.62. The zero-order valence-electron chi connectivity index (χ0n) is 7.01. The second kappa shape index (κ2) is 3.96. The first-order valence-corrected chi connectivity index (χ1v) is 3.94. The Hall–Kier alpha value is -0.770. The molecule has 0 amide bonds. The summed E-state index contributed by atoms with van der Waals surface area (Å²) in [5.41, 5.74) is 6.41. The van der Waals surface area contributed by atoms with Crippen LogP contribution in [0.2, 0.25) is 0 Å². The van der Waals surface area contributed by atoms with Crippen molar-refractivity contribution in [3.05, 3.63) is 29.8 Å². The Labute approximate surface area is 82.9 Å². The van der Waals surface area contributed by atoms with Crippen molar-refractivity contribution in [3.63, 3.8) is 0 Å². The third kappa shape index (κ3) is 1.77. The van der Waals surface area contributed by atoms with Crippen molar-refractivity contribution in [1.82, 2.24) is 0 Å². The Morgan fingerprint density at radius 1 is 1.38 bits per heavy atom. The van der Waals surface area contributed by atoms with E-state index < -0.39 is 6.10 Å². The van der Waals surface area contributed by atoms with Crippen LogP contribution in [0.25, 0.3) is 0 Å². The maximum Gasteiger partial charge on any atom is 0.125 e. The molecule has 0 aliphatic carbocycles. The van der Waals surface area contributed by atoms with Crippen molar-refractivity contribution in [2.75, 3.05) is 6.61 Å². The smallest absolute Gasteiger partial charge is 0.125 e. The van der Waals surface area contributed by atoms with Crippen molar-refractivity contribution in [3.8, 4) is 5.75 Å². The van der Waals surface area contributed by atoms with Crippen LogP contribution in [0, 0.1) is 0 Å². The van der Waals surface area contributed by atoms with Crippen LogP contribution < -0.4 is 10.5 Å². The van der Waals surface area contributed by atoms with Crippen LogP contribution in [-0.2, 0) is 0 Å². The lowest BCUT2D eigenvalue weighted by atomic mass is 10.0. The molecule has 2 atom stereocenters. The number of aliphatic hydroxyl groups excluding tert-OH is 1. The lowest BCUT2D eigenvalue weighted by molar-refractivity contribution is 0.0916. The molecule has 0 spiro atoms. The van der Waals surface area contributed by atoms with Crippen molar-refractivity contribution >= 4 is 12.4 Å². The molecule has 1 aliphatic rings. The van der Waals surface area contributed by atoms with Gasteiger partial charge in [-0.25, -0.2) is 0 Å². The summed E-state index contributed by atoms with van der Waals surface area (Å²) < 4.78 is 5.32. The number of halogens is 1. The Morgan fingerprint density at radius 3 is 2.85 bits per heavy atom. The second-order valence-corrected chi connectivity index (χ2v) is 2.96. The molecule has 72 valence electrons. The van der Waals surface area contributed by atoms with Crippen LogP contribution in [0.5, 0.6) is 5.75 Å². The molecule has 1 aromatic rings. The molecular weight excluding hydrogens is 190 g/mol. The van der Waals surface area contributed by atoms with Gasteiger partial charge in [-0.2, -0.15) is 0 Å². The van der Waals surface area contributed by atoms with Gasteiger partial charge in [-0.1, -0.05) is 18.2 Å². The van der Waals surface area contributed by atoms with E-state index in [9.17, 15) is 5.11 Å². The number of ether oxygens (including phenoxy) is 1. The molecule has 0 aromatic heterocycles. The number of fused-ring (bicyclic) bond motifs is 1. The Kier molecular flexibility index (Phi) is 3.14. The highest BCUT2D eigenvalue weighted by Gasteiger charge is 2.25. The van der Waals surface area contributed by atoms with E-state index in [1.165, 1.54) is 0 Å². The molecule has 0 saturated carbocycles. The Bertz CT molecular complexity index is 293. The Balaban J connectivity index is 0.000000845. The van der Waals surface area contributed by atoms with Crippen molar-refractivity contribution in [2.45, 2.75) is 12.1 Å². The number of hydrogen-bond donors (Lipinski definition) is 2. The van der Waals surface area contributed by atoms with Crippen LogP contribution >= 0.6 is 12.4 Å². The van der Waals surface area contributed by atoms with Gasteiger partial charge in [-0.15, -0.1) is 12.4 Å². The number of nitrogens with two attached hydrogens (primary N) is 1. The zero-order chi connectivity index (χ0) is 8.55. The fraction of sp³-hybridized carbons (Fsp3) is 0.333. The van der Waals surface area contributed by atoms with Crippen molar-refractivity contribution < 1.29 is 9.84 Å². The summed E-state index contributed by atoms with van der Waals surface area (Å²) in [5.74, 6) is 0.742. The average molecular weight is 202 g/mol. The fourth-order valence-electron chi connectivity index (χ4n) is 1.36. The molecule has 13 heavy (non-hydrogen) atoms. The quantitative estimate of drug-likeness (QED) is 0.655. The molecule has 0 radical (unpaired) electrons. The van der Waals surface area contributed by atoms with E-state index in [0.29, 0.717) is 6.61 Å². The molecule has 0 saturated heterocycles. The number of aliphatic hydroxyl groups is 1. The van der Waals surface area contributed by atoms with Gasteiger partial charge in [0.15, 0.2) is 0 Å². The second-order valence-electron chi connectivity index (χ2n) is 2.96. The molecule has 0 unspecified atom stereocenters. The summed E-state index contributed by atoms with van der Waals surface area (Å²) in [6.45, 7) is 0.387. The predicted molar refractivity (Wildman–Crippen MR) is 52.1 cm³/mol. The molecule has 0 bridgehead atoms. The Morgan fingerprint density at radius 2 is 2.08 bits per heavy atom. The molecule has 2 rings (SSSR count). The van der Waals surface area contributed by atoms with E-state index in [1.807, 2.05) is 24.3 Å². The first-order chi connectivity index (χ1) is 5.79. The van der Waals surface area contributed by atoms with Gasteiger partial charge in [0.25, 0.3) is 0 Å². The predicted octanol–water partition coefficient (Wildman–Crippen LogP) is 0.861. The number of hydrogen-bond acceptors (Lipinski definition) is 3. The van der Waals surface area contributed by atoms with Gasteiger partial charge in [0, 0.05) is 5.56 Å². The van der Waals surface area contributed by atoms with Crippen LogP contribution in [0.1, 0.15) is 11.7 Å². The largest absolute Gasteiger partial charge is 0.491 e. The van der Waals surface area contributed by atoms with Gasteiger partial charge in [-0.3, -0.25) is 0 Å². The summed E-state index contributed by atoms with van der Waals surface area (Å²) in [6, 6.07) is 7.11. The summed E-state index contributed by atoms with van der Waals surface area (Å²) in [6.07, 6.45) is -0.588. The minimum absolute atomic E-state index is 0. The SMILES string of the molecule is Cl.N[C@H]1COc2ccccc2[C@@H]1O. The van der Waals surface area contributed by atoms with Gasteiger partial charge >= 0.3 is 0 Å². The van der Waals surface area contributed by atoms with E-state index in [4.69, 9.17) is 10.5 Å². The van der Waals surface area contributed by atoms with Gasteiger partial charge < -0.3 is 15.6 Å². The topological polar surface area (TPSA) is 55.5 Å². The zero-order valence-corrected chi connectivity index (χ0v) is 7.83. The molecule has 3 N–H and O–H groups in total. The fourth-order valence-corrected chi connectivity index (χ4v) is 1.36. The number of benzene rings is 1. The molecule has 1 heterocycles. The van der Waals surface area contributed by atoms with Gasteiger partial charge in [0.2, 0.25) is 0 Å². The highest BCUT2D eigenvalue weighted by Crippen LogP contribution is 2.30. The number of rotatable bonds is 0. The molecule has 3 nitrogen and oxygen atoms in total. The highest BCUT2D eigenvalue weighted by molar-refractivity contribution is 5.85. The van der Waals surface area contributed by atoms with E-state index in [1.54, 1.807) is 0 Å². The third-order valence-corrected chi connectivity index (χ3v) is 2.07. The van der Waals surface area contributed by atoms with Gasteiger partial charge in [0.05, 0.1) is 6.04 Å². The maximum absolute atomic E-state index is 9.62. The lowest BCUT2D eigenvalue weighted by Crippen LogP contribution is -2.37. The van der Waals surface area contributed by atoms with Crippen LogP contribution in [0.3, 0.4) is 0 Å². The molecule has 4 heteroatoms. The maximum atomic E-state index is 9.62. The summed E-state index contributed by atoms with van der Waals surface area (Å²) in [7, 11) is 0. The van der Waals surface area contributed by atoms with E-state index in [-0.39, 0.29) is 18.4 Å². The molecule has 0 fully saturated rings. The van der Waals surface area contributed by atoms with Crippen LogP contribution in [-0.4, -0.2) is 17.8 Å². The summed E-state index contributed by atoms with van der Waals surface area (Å²) in [4.78, 5) is 0. The highest BCUT2D eigenvalue weighted by atomic mass is 35.5. The normalized spacial score (nSPS) is 25.4. The van der Waals surface area contributed by atoms with E-state index >= 15 is 0 Å². The van der Waals surface area contributed by atoms with Crippen LogP contribution in [0.15, 0.2) is 24.3 Å². The van der Waals surface area contributed by atoms with Crippen molar-refractivity contribution in [1.29, 1.82) is 0 Å². The van der Waals surface area contributed by atoms with Gasteiger partial charge in [-0.05, 0) is 6.07 Å². The van der Waals surface area contributed by atoms with Crippen LogP contribution in [0.4, 0.5) is 0 Å². The minimum atomic E-state index is -0.588. The first-order valence-electron chi connectivity index (χ1n) is 3.94. The first kappa shape index (κ1) is 10.3. The van der Waals surface area contributed by atoms with Gasteiger partial charge in [0.1, 0.15) is 18.5 Å². The van der Waals surface area contributed by atoms with E-state index in [2.05, 4.69) is 0 Å². The van der Waals surface area contributed by atoms with Crippen molar-refractivity contribution in [2.24, 2.45) is 5.73 Å². The lowest BCUT2D eigenvalue weighted by Gasteiger charge is -2.27. The number of para-hydroxylation sites is 1. The van der Waals surface area contributed by atoms with E-state index in [0.717, 1.165) is 11.3 Å².